The van der Waals surface area contributed by atoms with Crippen molar-refractivity contribution >= 4 is 29.2 Å². The number of halogens is 1. The summed E-state index contributed by atoms with van der Waals surface area (Å²) in [7, 11) is 1.77. The average Bonchev–Trinajstić information content (AvgIpc) is 2.64. The Morgan fingerprint density at radius 1 is 1.46 bits per heavy atom. The minimum atomic E-state index is -0.610. The lowest BCUT2D eigenvalue weighted by atomic mass is 10.0. The molecule has 1 heterocycles. The molecule has 0 saturated carbocycles. The summed E-state index contributed by atoms with van der Waals surface area (Å²) in [4.78, 5) is 17.6. The monoisotopic (exact) mass is 358 g/mol. The highest BCUT2D eigenvalue weighted by Crippen LogP contribution is 2.26. The highest BCUT2D eigenvalue weighted by atomic mass is 19.1. The van der Waals surface area contributed by atoms with Gasteiger partial charge in [-0.2, -0.15) is 0 Å². The standard InChI is InChI=1S/C18H23FN6O/c1-11(26)25-7-6-15(23-2)14(10-25)18(22)24-16-5-3-4-13(17(16)19)12(8-20)9-21/h3-5,8-9,20,23H,6-7,10,21H2,1-2H3,(H2,22,24)/b12-9+,20-8?. The minimum absolute atomic E-state index is 0.0455. The Labute approximate surface area is 151 Å². The number of benzene rings is 1. The highest BCUT2D eigenvalue weighted by molar-refractivity contribution is 6.08. The van der Waals surface area contributed by atoms with E-state index >= 15 is 0 Å². The molecule has 0 unspecified atom stereocenters. The first-order valence-electron chi connectivity index (χ1n) is 8.14. The zero-order valence-corrected chi connectivity index (χ0v) is 14.8. The van der Waals surface area contributed by atoms with Gasteiger partial charge in [-0.05, 0) is 6.07 Å². The van der Waals surface area contributed by atoms with Gasteiger partial charge in [0.1, 0.15) is 11.5 Å². The van der Waals surface area contributed by atoms with Gasteiger partial charge in [-0.3, -0.25) is 4.79 Å². The van der Waals surface area contributed by atoms with Gasteiger partial charge in [0.05, 0.1) is 6.54 Å². The number of nitrogens with zero attached hydrogens (tertiary/aromatic N) is 2. The summed E-state index contributed by atoms with van der Waals surface area (Å²) in [5.41, 5.74) is 13.6. The van der Waals surface area contributed by atoms with E-state index in [0.29, 0.717) is 25.1 Å². The van der Waals surface area contributed by atoms with Gasteiger partial charge in [0.2, 0.25) is 5.91 Å². The summed E-state index contributed by atoms with van der Waals surface area (Å²) in [5, 5.41) is 10.4. The van der Waals surface area contributed by atoms with Crippen molar-refractivity contribution in [1.29, 1.82) is 5.41 Å². The van der Waals surface area contributed by atoms with E-state index in [2.05, 4.69) is 10.3 Å². The first-order chi connectivity index (χ1) is 12.4. The number of hydrogen-bond acceptors (Lipinski definition) is 5. The maximum atomic E-state index is 14.7. The molecule has 0 spiro atoms. The van der Waals surface area contributed by atoms with E-state index in [4.69, 9.17) is 16.9 Å². The van der Waals surface area contributed by atoms with E-state index in [1.54, 1.807) is 18.0 Å². The van der Waals surface area contributed by atoms with Crippen LogP contribution in [0.5, 0.6) is 0 Å². The zero-order valence-electron chi connectivity index (χ0n) is 14.8. The summed E-state index contributed by atoms with van der Waals surface area (Å²) in [5.74, 6) is -0.520. The Balaban J connectivity index is 2.45. The number of hydrogen-bond donors (Lipinski definition) is 4. The highest BCUT2D eigenvalue weighted by Gasteiger charge is 2.23. The molecule has 1 aromatic rings. The fourth-order valence-corrected chi connectivity index (χ4v) is 2.79. The van der Waals surface area contributed by atoms with Crippen LogP contribution in [0.3, 0.4) is 0 Å². The number of carbonyl (C=O) groups is 1. The summed E-state index contributed by atoms with van der Waals surface area (Å²) >= 11 is 0. The van der Waals surface area contributed by atoms with Gasteiger partial charge in [-0.1, -0.05) is 12.1 Å². The van der Waals surface area contributed by atoms with Crippen molar-refractivity contribution < 1.29 is 9.18 Å². The molecule has 2 rings (SSSR count). The van der Waals surface area contributed by atoms with Gasteiger partial charge in [0, 0.05) is 61.8 Å². The van der Waals surface area contributed by atoms with Crippen LogP contribution in [0.15, 0.2) is 40.7 Å². The largest absolute Gasteiger partial charge is 0.404 e. The Hall–Kier alpha value is -3.16. The lowest BCUT2D eigenvalue weighted by Gasteiger charge is -2.29. The van der Waals surface area contributed by atoms with E-state index < -0.39 is 5.82 Å². The maximum Gasteiger partial charge on any atom is 0.219 e. The van der Waals surface area contributed by atoms with Gasteiger partial charge in [0.15, 0.2) is 5.82 Å². The molecular weight excluding hydrogens is 335 g/mol. The van der Waals surface area contributed by atoms with Crippen molar-refractivity contribution in [2.24, 2.45) is 16.5 Å². The van der Waals surface area contributed by atoms with Crippen molar-refractivity contribution in [2.75, 3.05) is 20.1 Å². The Kier molecular flexibility index (Phi) is 6.11. The van der Waals surface area contributed by atoms with Gasteiger partial charge in [-0.25, -0.2) is 9.38 Å². The zero-order chi connectivity index (χ0) is 19.3. The van der Waals surface area contributed by atoms with Crippen molar-refractivity contribution in [3.8, 4) is 0 Å². The van der Waals surface area contributed by atoms with Crippen molar-refractivity contribution in [3.05, 3.63) is 47.0 Å². The molecular formula is C18H23FN6O. The third kappa shape index (κ3) is 3.90. The molecule has 26 heavy (non-hydrogen) atoms. The van der Waals surface area contributed by atoms with Crippen LogP contribution in [0.4, 0.5) is 10.1 Å². The quantitative estimate of drug-likeness (QED) is 0.471. The molecule has 138 valence electrons. The van der Waals surface area contributed by atoms with Crippen LogP contribution in [-0.2, 0) is 4.79 Å². The van der Waals surface area contributed by atoms with Crippen LogP contribution in [-0.4, -0.2) is 43.0 Å². The molecule has 0 aromatic heterocycles. The van der Waals surface area contributed by atoms with Crippen LogP contribution in [0.25, 0.3) is 5.57 Å². The number of allylic oxidation sites excluding steroid dienone is 1. The number of nitrogens with one attached hydrogen (secondary N) is 2. The predicted molar refractivity (Wildman–Crippen MR) is 102 cm³/mol. The summed E-state index contributed by atoms with van der Waals surface area (Å²) in [6.07, 6.45) is 2.76. The van der Waals surface area contributed by atoms with Crippen LogP contribution < -0.4 is 16.8 Å². The molecule has 7 nitrogen and oxygen atoms in total. The van der Waals surface area contributed by atoms with Gasteiger partial charge < -0.3 is 27.1 Å². The third-order valence-electron chi connectivity index (χ3n) is 4.27. The molecule has 8 heteroatoms. The molecule has 0 bridgehead atoms. The van der Waals surface area contributed by atoms with Crippen LogP contribution >= 0.6 is 0 Å². The van der Waals surface area contributed by atoms with Crippen molar-refractivity contribution in [1.82, 2.24) is 10.2 Å². The lowest BCUT2D eigenvalue weighted by molar-refractivity contribution is -0.128. The first kappa shape index (κ1) is 19.2. The van der Waals surface area contributed by atoms with Crippen molar-refractivity contribution in [3.63, 3.8) is 0 Å². The normalized spacial score (nSPS) is 15.9. The second kappa shape index (κ2) is 8.28. The van der Waals surface area contributed by atoms with Gasteiger partial charge in [0.25, 0.3) is 0 Å². The summed E-state index contributed by atoms with van der Waals surface area (Å²) < 4.78 is 14.7. The van der Waals surface area contributed by atoms with E-state index in [9.17, 15) is 9.18 Å². The van der Waals surface area contributed by atoms with Gasteiger partial charge >= 0.3 is 0 Å². The maximum absolute atomic E-state index is 14.7. The number of aliphatic imine (C=N–C) groups is 1. The molecule has 0 aliphatic carbocycles. The fraction of sp³-hybridized carbons (Fsp3) is 0.278. The molecule has 1 aliphatic rings. The molecule has 1 aromatic carbocycles. The van der Waals surface area contributed by atoms with Crippen molar-refractivity contribution in [2.45, 2.75) is 13.3 Å². The van der Waals surface area contributed by atoms with E-state index in [0.717, 1.165) is 18.1 Å². The average molecular weight is 358 g/mol. The van der Waals surface area contributed by atoms with Gasteiger partial charge in [-0.15, -0.1) is 0 Å². The van der Waals surface area contributed by atoms with E-state index in [-0.39, 0.29) is 28.6 Å². The third-order valence-corrected chi connectivity index (χ3v) is 4.27. The Morgan fingerprint density at radius 3 is 2.77 bits per heavy atom. The van der Waals surface area contributed by atoms with Crippen LogP contribution in [0.1, 0.15) is 18.9 Å². The summed E-state index contributed by atoms with van der Waals surface area (Å²) in [6, 6.07) is 4.63. The first-order valence-corrected chi connectivity index (χ1v) is 8.14. The predicted octanol–water partition coefficient (Wildman–Crippen LogP) is 1.49. The second-order valence-electron chi connectivity index (χ2n) is 5.80. The number of rotatable bonds is 5. The number of carbonyl (C=O) groups excluding carboxylic acids is 1. The smallest absolute Gasteiger partial charge is 0.219 e. The number of amidine groups is 1. The summed E-state index contributed by atoms with van der Waals surface area (Å²) in [6.45, 7) is 2.41. The second-order valence-corrected chi connectivity index (χ2v) is 5.80. The van der Waals surface area contributed by atoms with E-state index in [1.807, 2.05) is 0 Å². The Morgan fingerprint density at radius 2 is 2.19 bits per heavy atom. The molecule has 1 aliphatic heterocycles. The SMILES string of the molecule is CNC1=C(C(N)=Nc2cccc(/C(C=N)=C/N)c2F)CN(C(C)=O)CC1. The molecule has 0 radical (unpaired) electrons. The number of amides is 1. The molecule has 6 N–H and O–H groups in total. The number of nitrogens with two attached hydrogens (primary N) is 2. The molecule has 0 saturated heterocycles. The lowest BCUT2D eigenvalue weighted by Crippen LogP contribution is -2.40. The molecule has 0 fully saturated rings. The topological polar surface area (TPSA) is 121 Å². The molecule has 1 amide bonds. The van der Waals surface area contributed by atoms with Crippen LogP contribution in [0.2, 0.25) is 0 Å². The molecule has 0 atom stereocenters. The fourth-order valence-electron chi connectivity index (χ4n) is 2.79. The van der Waals surface area contributed by atoms with Crippen LogP contribution in [0, 0.1) is 11.2 Å². The Bertz CT molecular complexity index is 812. The van der Waals surface area contributed by atoms with E-state index in [1.165, 1.54) is 19.1 Å². The minimum Gasteiger partial charge on any atom is -0.404 e.